The highest BCUT2D eigenvalue weighted by Gasteiger charge is 2.13. The summed E-state index contributed by atoms with van der Waals surface area (Å²) in [4.78, 5) is 18.4. The minimum absolute atomic E-state index is 0.125. The summed E-state index contributed by atoms with van der Waals surface area (Å²) in [6, 6.07) is -0.125. The number of carbonyl (C=O) groups excluding carboxylic acids is 1. The van der Waals surface area contributed by atoms with E-state index < -0.39 is 0 Å². The summed E-state index contributed by atoms with van der Waals surface area (Å²) in [5, 5.41) is 5.42. The Balaban J connectivity index is 1.74. The van der Waals surface area contributed by atoms with Crippen LogP contribution in [-0.2, 0) is 4.74 Å². The first kappa shape index (κ1) is 14.4. The van der Waals surface area contributed by atoms with Gasteiger partial charge in [0, 0.05) is 31.6 Å². The van der Waals surface area contributed by atoms with Crippen LogP contribution in [0.25, 0.3) is 0 Å². The maximum Gasteiger partial charge on any atom is 0.270 e. The van der Waals surface area contributed by atoms with E-state index in [4.69, 9.17) is 10.5 Å². The number of hydrogen-bond acceptors (Lipinski definition) is 6. The highest BCUT2D eigenvalue weighted by molar-refractivity contribution is 7.09. The van der Waals surface area contributed by atoms with Crippen molar-refractivity contribution in [1.82, 2.24) is 15.2 Å². The molecule has 6 nitrogen and oxygen atoms in total. The zero-order valence-electron chi connectivity index (χ0n) is 11.1. The molecule has 1 unspecified atom stereocenters. The Labute approximate surface area is 116 Å². The van der Waals surface area contributed by atoms with Gasteiger partial charge in [-0.05, 0) is 6.92 Å². The maximum absolute atomic E-state index is 11.9. The van der Waals surface area contributed by atoms with Crippen LogP contribution in [-0.4, -0.2) is 55.2 Å². The standard InChI is InChI=1S/C12H20N4O2S/c1-9(13)12-15-10(8-19-12)11(17)14-2-3-16-4-6-18-7-5-16/h8-9H,2-7,13H2,1H3,(H,14,17). The fourth-order valence-electron chi connectivity index (χ4n) is 1.84. The van der Waals surface area contributed by atoms with Crippen LogP contribution in [0.2, 0.25) is 0 Å². The molecule has 1 saturated heterocycles. The zero-order valence-corrected chi connectivity index (χ0v) is 11.9. The van der Waals surface area contributed by atoms with E-state index in [0.29, 0.717) is 12.2 Å². The van der Waals surface area contributed by atoms with Gasteiger partial charge in [0.25, 0.3) is 5.91 Å². The van der Waals surface area contributed by atoms with Crippen molar-refractivity contribution in [2.24, 2.45) is 5.73 Å². The number of nitrogens with two attached hydrogens (primary N) is 1. The molecule has 2 rings (SSSR count). The zero-order chi connectivity index (χ0) is 13.7. The number of carbonyl (C=O) groups is 1. The molecule has 0 aromatic carbocycles. The number of hydrogen-bond donors (Lipinski definition) is 2. The highest BCUT2D eigenvalue weighted by Crippen LogP contribution is 2.15. The second kappa shape index (κ2) is 6.95. The number of amides is 1. The van der Waals surface area contributed by atoms with Gasteiger partial charge in [-0.3, -0.25) is 9.69 Å². The molecule has 1 aromatic heterocycles. The van der Waals surface area contributed by atoms with Crippen molar-refractivity contribution in [3.05, 3.63) is 16.1 Å². The largest absolute Gasteiger partial charge is 0.379 e. The number of nitrogens with one attached hydrogen (secondary N) is 1. The van der Waals surface area contributed by atoms with Crippen LogP contribution >= 0.6 is 11.3 Å². The molecular formula is C12H20N4O2S. The Morgan fingerprint density at radius 2 is 2.37 bits per heavy atom. The molecular weight excluding hydrogens is 264 g/mol. The van der Waals surface area contributed by atoms with Gasteiger partial charge in [0.2, 0.25) is 0 Å². The molecule has 1 aromatic rings. The van der Waals surface area contributed by atoms with Gasteiger partial charge in [0.05, 0.1) is 19.3 Å². The Bertz CT molecular complexity index is 416. The molecule has 1 atom stereocenters. The molecule has 1 aliphatic rings. The Morgan fingerprint density at radius 3 is 3.00 bits per heavy atom. The minimum atomic E-state index is -0.128. The van der Waals surface area contributed by atoms with Gasteiger partial charge < -0.3 is 15.8 Å². The molecule has 3 N–H and O–H groups in total. The molecule has 2 heterocycles. The van der Waals surface area contributed by atoms with E-state index in [0.717, 1.165) is 37.9 Å². The van der Waals surface area contributed by atoms with E-state index in [1.165, 1.54) is 11.3 Å². The molecule has 7 heteroatoms. The molecule has 0 bridgehead atoms. The molecule has 0 radical (unpaired) electrons. The van der Waals surface area contributed by atoms with Crippen molar-refractivity contribution in [2.45, 2.75) is 13.0 Å². The van der Waals surface area contributed by atoms with Gasteiger partial charge in [-0.2, -0.15) is 0 Å². The van der Waals surface area contributed by atoms with Crippen LogP contribution in [0.3, 0.4) is 0 Å². The van der Waals surface area contributed by atoms with E-state index in [-0.39, 0.29) is 11.9 Å². The second-order valence-corrected chi connectivity index (χ2v) is 5.46. The second-order valence-electron chi connectivity index (χ2n) is 4.57. The number of aromatic nitrogens is 1. The van der Waals surface area contributed by atoms with Crippen LogP contribution < -0.4 is 11.1 Å². The lowest BCUT2D eigenvalue weighted by molar-refractivity contribution is 0.0383. The third-order valence-electron chi connectivity index (χ3n) is 2.96. The number of ether oxygens (including phenoxy) is 1. The topological polar surface area (TPSA) is 80.5 Å². The molecule has 0 aliphatic carbocycles. The van der Waals surface area contributed by atoms with Gasteiger partial charge in [-0.15, -0.1) is 11.3 Å². The average Bonchev–Trinajstić information content (AvgIpc) is 2.89. The first-order chi connectivity index (χ1) is 9.16. The molecule has 106 valence electrons. The van der Waals surface area contributed by atoms with Gasteiger partial charge >= 0.3 is 0 Å². The molecule has 1 fully saturated rings. The lowest BCUT2D eigenvalue weighted by Crippen LogP contribution is -2.41. The average molecular weight is 284 g/mol. The summed E-state index contributed by atoms with van der Waals surface area (Å²) >= 11 is 1.42. The number of thiazole rings is 1. The summed E-state index contributed by atoms with van der Waals surface area (Å²) in [6.07, 6.45) is 0. The highest BCUT2D eigenvalue weighted by atomic mass is 32.1. The lowest BCUT2D eigenvalue weighted by atomic mass is 10.3. The van der Waals surface area contributed by atoms with E-state index in [2.05, 4.69) is 15.2 Å². The lowest BCUT2D eigenvalue weighted by Gasteiger charge is -2.26. The summed E-state index contributed by atoms with van der Waals surface area (Å²) in [6.45, 7) is 6.75. The predicted octanol–water partition coefficient (Wildman–Crippen LogP) is 0.225. The molecule has 1 aliphatic heterocycles. The quantitative estimate of drug-likeness (QED) is 0.809. The SMILES string of the molecule is CC(N)c1nc(C(=O)NCCN2CCOCC2)cs1. The molecule has 0 spiro atoms. The van der Waals surface area contributed by atoms with Gasteiger partial charge in [0.1, 0.15) is 10.7 Å². The van der Waals surface area contributed by atoms with E-state index in [1.54, 1.807) is 5.38 Å². The van der Waals surface area contributed by atoms with Crippen molar-refractivity contribution in [3.8, 4) is 0 Å². The maximum atomic E-state index is 11.9. The molecule has 1 amide bonds. The first-order valence-electron chi connectivity index (χ1n) is 6.46. The van der Waals surface area contributed by atoms with E-state index in [9.17, 15) is 4.79 Å². The van der Waals surface area contributed by atoms with Crippen LogP contribution in [0.4, 0.5) is 0 Å². The smallest absolute Gasteiger partial charge is 0.270 e. The third kappa shape index (κ3) is 4.24. The fourth-order valence-corrected chi connectivity index (χ4v) is 2.60. The van der Waals surface area contributed by atoms with Crippen molar-refractivity contribution >= 4 is 17.2 Å². The van der Waals surface area contributed by atoms with E-state index in [1.807, 2.05) is 6.92 Å². The monoisotopic (exact) mass is 284 g/mol. The van der Waals surface area contributed by atoms with Crippen molar-refractivity contribution in [1.29, 1.82) is 0 Å². The number of rotatable bonds is 5. The summed E-state index contributed by atoms with van der Waals surface area (Å²) in [7, 11) is 0. The minimum Gasteiger partial charge on any atom is -0.379 e. The van der Waals surface area contributed by atoms with Crippen molar-refractivity contribution in [3.63, 3.8) is 0 Å². The summed E-state index contributed by atoms with van der Waals surface area (Å²) in [5.41, 5.74) is 6.18. The van der Waals surface area contributed by atoms with Crippen LogP contribution in [0.15, 0.2) is 5.38 Å². The fraction of sp³-hybridized carbons (Fsp3) is 0.667. The predicted molar refractivity (Wildman–Crippen MR) is 74.3 cm³/mol. The number of morpholine rings is 1. The van der Waals surface area contributed by atoms with Gasteiger partial charge in [0.15, 0.2) is 0 Å². The van der Waals surface area contributed by atoms with Gasteiger partial charge in [-0.25, -0.2) is 4.98 Å². The normalized spacial score (nSPS) is 18.2. The Hall–Kier alpha value is -1.02. The number of nitrogens with zero attached hydrogens (tertiary/aromatic N) is 2. The Morgan fingerprint density at radius 1 is 1.63 bits per heavy atom. The van der Waals surface area contributed by atoms with Crippen LogP contribution in [0.5, 0.6) is 0 Å². The van der Waals surface area contributed by atoms with Crippen LogP contribution in [0.1, 0.15) is 28.5 Å². The third-order valence-corrected chi connectivity index (χ3v) is 4.01. The van der Waals surface area contributed by atoms with Crippen molar-refractivity contribution < 1.29 is 9.53 Å². The van der Waals surface area contributed by atoms with Gasteiger partial charge in [-0.1, -0.05) is 0 Å². The first-order valence-corrected chi connectivity index (χ1v) is 7.34. The van der Waals surface area contributed by atoms with Crippen LogP contribution in [0, 0.1) is 0 Å². The molecule has 0 saturated carbocycles. The Kier molecular flexibility index (Phi) is 5.26. The van der Waals surface area contributed by atoms with E-state index >= 15 is 0 Å². The summed E-state index contributed by atoms with van der Waals surface area (Å²) in [5.74, 6) is -0.128. The van der Waals surface area contributed by atoms with Crippen molar-refractivity contribution in [2.75, 3.05) is 39.4 Å². The summed E-state index contributed by atoms with van der Waals surface area (Å²) < 4.78 is 5.27. The molecule has 19 heavy (non-hydrogen) atoms.